The van der Waals surface area contributed by atoms with Crippen molar-refractivity contribution in [1.29, 1.82) is 0 Å². The minimum absolute atomic E-state index is 0.0520. The summed E-state index contributed by atoms with van der Waals surface area (Å²) in [6, 6.07) is 0. The second-order valence-corrected chi connectivity index (χ2v) is 5.76. The van der Waals surface area contributed by atoms with Crippen molar-refractivity contribution >= 4 is 17.7 Å². The highest BCUT2D eigenvalue weighted by Crippen LogP contribution is 2.20. The molecule has 1 aromatic heterocycles. The summed E-state index contributed by atoms with van der Waals surface area (Å²) < 4.78 is 7.75. The van der Waals surface area contributed by atoms with Gasteiger partial charge in [-0.1, -0.05) is 11.8 Å². The first-order valence-corrected chi connectivity index (χ1v) is 7.63. The largest absolute Gasteiger partial charge is 0.481 e. The molecule has 1 aliphatic heterocycles. The van der Waals surface area contributed by atoms with Crippen LogP contribution < -0.4 is 0 Å². The fourth-order valence-electron chi connectivity index (χ4n) is 2.24. The molecule has 19 heavy (non-hydrogen) atoms. The first kappa shape index (κ1) is 14.4. The normalized spacial score (nSPS) is 19.5. The number of carbonyl (C=O) groups is 1. The predicted molar refractivity (Wildman–Crippen MR) is 73.5 cm³/mol. The SMILES string of the molecule is Cc1cn(CCC2CCCCO2)c(SCC(=O)O)n1. The summed E-state index contributed by atoms with van der Waals surface area (Å²) in [5.41, 5.74) is 0.928. The molecule has 6 heteroatoms. The quantitative estimate of drug-likeness (QED) is 0.812. The number of imidazole rings is 1. The Kier molecular flexibility index (Phi) is 5.27. The number of rotatable bonds is 6. The molecule has 0 radical (unpaired) electrons. The molecule has 5 nitrogen and oxygen atoms in total. The molecule has 1 aliphatic rings. The van der Waals surface area contributed by atoms with E-state index in [1.165, 1.54) is 24.6 Å². The molecule has 0 saturated carbocycles. The molecule has 0 amide bonds. The minimum atomic E-state index is -0.812. The van der Waals surface area contributed by atoms with Crippen LogP contribution in [0.1, 0.15) is 31.4 Å². The van der Waals surface area contributed by atoms with Crippen LogP contribution in [0, 0.1) is 6.92 Å². The van der Waals surface area contributed by atoms with E-state index in [9.17, 15) is 4.79 Å². The molecule has 2 heterocycles. The van der Waals surface area contributed by atoms with Crippen LogP contribution >= 0.6 is 11.8 Å². The van der Waals surface area contributed by atoms with Gasteiger partial charge in [0.25, 0.3) is 0 Å². The maximum atomic E-state index is 10.6. The number of aliphatic carboxylic acids is 1. The maximum Gasteiger partial charge on any atom is 0.313 e. The lowest BCUT2D eigenvalue weighted by Gasteiger charge is -2.22. The van der Waals surface area contributed by atoms with Crippen molar-refractivity contribution in [3.05, 3.63) is 11.9 Å². The van der Waals surface area contributed by atoms with Crippen LogP contribution in [0.3, 0.4) is 0 Å². The molecule has 2 rings (SSSR count). The van der Waals surface area contributed by atoms with E-state index in [2.05, 4.69) is 4.98 Å². The number of hydrogen-bond acceptors (Lipinski definition) is 4. The second-order valence-electron chi connectivity index (χ2n) is 4.82. The smallest absolute Gasteiger partial charge is 0.313 e. The fourth-order valence-corrected chi connectivity index (χ4v) is 3.02. The molecule has 1 unspecified atom stereocenters. The predicted octanol–water partition coefficient (Wildman–Crippen LogP) is 2.33. The molecule has 1 saturated heterocycles. The lowest BCUT2D eigenvalue weighted by molar-refractivity contribution is -0.133. The Labute approximate surface area is 117 Å². The summed E-state index contributed by atoms with van der Waals surface area (Å²) in [5, 5.41) is 9.52. The zero-order valence-electron chi connectivity index (χ0n) is 11.2. The summed E-state index contributed by atoms with van der Waals surface area (Å²) in [5.74, 6) is -0.760. The van der Waals surface area contributed by atoms with E-state index in [0.717, 1.165) is 36.8 Å². The van der Waals surface area contributed by atoms with Gasteiger partial charge in [-0.15, -0.1) is 0 Å². The van der Waals surface area contributed by atoms with Gasteiger partial charge in [-0.25, -0.2) is 4.98 Å². The van der Waals surface area contributed by atoms with Gasteiger partial charge in [-0.05, 0) is 32.6 Å². The van der Waals surface area contributed by atoms with Gasteiger partial charge in [0.2, 0.25) is 0 Å². The van der Waals surface area contributed by atoms with Gasteiger partial charge in [0, 0.05) is 19.3 Å². The number of hydrogen-bond donors (Lipinski definition) is 1. The molecule has 0 spiro atoms. The number of aryl methyl sites for hydroxylation is 2. The number of nitrogens with zero attached hydrogens (tertiary/aromatic N) is 2. The maximum absolute atomic E-state index is 10.6. The summed E-state index contributed by atoms with van der Waals surface area (Å²) in [4.78, 5) is 15.0. The zero-order valence-corrected chi connectivity index (χ0v) is 12.0. The number of carboxylic acids is 1. The Morgan fingerprint density at radius 3 is 3.16 bits per heavy atom. The van der Waals surface area contributed by atoms with Crippen LogP contribution in [0.2, 0.25) is 0 Å². The van der Waals surface area contributed by atoms with Crippen molar-refractivity contribution in [3.8, 4) is 0 Å². The van der Waals surface area contributed by atoms with E-state index in [1.54, 1.807) is 0 Å². The topological polar surface area (TPSA) is 64.3 Å². The van der Waals surface area contributed by atoms with Gasteiger partial charge in [0.15, 0.2) is 5.16 Å². The average molecular weight is 284 g/mol. The fraction of sp³-hybridized carbons (Fsp3) is 0.692. The minimum Gasteiger partial charge on any atom is -0.481 e. The van der Waals surface area contributed by atoms with Crippen LogP contribution in [0.15, 0.2) is 11.4 Å². The van der Waals surface area contributed by atoms with E-state index >= 15 is 0 Å². The van der Waals surface area contributed by atoms with E-state index in [-0.39, 0.29) is 5.75 Å². The summed E-state index contributed by atoms with van der Waals surface area (Å²) in [6.07, 6.45) is 6.83. The van der Waals surface area contributed by atoms with Gasteiger partial charge < -0.3 is 14.4 Å². The highest BCUT2D eigenvalue weighted by molar-refractivity contribution is 7.99. The number of aromatic nitrogens is 2. The van der Waals surface area contributed by atoms with E-state index in [4.69, 9.17) is 9.84 Å². The number of carboxylic acid groups (broad SMARTS) is 1. The van der Waals surface area contributed by atoms with Gasteiger partial charge in [0.05, 0.1) is 17.6 Å². The highest BCUT2D eigenvalue weighted by Gasteiger charge is 2.15. The lowest BCUT2D eigenvalue weighted by Crippen LogP contribution is -2.20. The van der Waals surface area contributed by atoms with Crippen molar-refractivity contribution < 1.29 is 14.6 Å². The first-order valence-electron chi connectivity index (χ1n) is 6.65. The summed E-state index contributed by atoms with van der Waals surface area (Å²) in [6.45, 7) is 3.64. The first-order chi connectivity index (χ1) is 9.15. The molecule has 0 aromatic carbocycles. The molecule has 0 bridgehead atoms. The Hall–Kier alpha value is -1.01. The summed E-state index contributed by atoms with van der Waals surface area (Å²) >= 11 is 1.27. The number of ether oxygens (including phenoxy) is 1. The van der Waals surface area contributed by atoms with Crippen molar-refractivity contribution in [2.75, 3.05) is 12.4 Å². The van der Waals surface area contributed by atoms with Crippen LogP contribution in [0.4, 0.5) is 0 Å². The van der Waals surface area contributed by atoms with Crippen LogP contribution in [-0.4, -0.2) is 39.1 Å². The molecule has 1 atom stereocenters. The van der Waals surface area contributed by atoms with E-state index < -0.39 is 5.97 Å². The molecule has 0 aliphatic carbocycles. The molecular weight excluding hydrogens is 264 g/mol. The molecule has 1 fully saturated rings. The molecule has 1 N–H and O–H groups in total. The monoisotopic (exact) mass is 284 g/mol. The third-order valence-corrected chi connectivity index (χ3v) is 4.13. The van der Waals surface area contributed by atoms with Gasteiger partial charge >= 0.3 is 5.97 Å². The summed E-state index contributed by atoms with van der Waals surface area (Å²) in [7, 11) is 0. The van der Waals surface area contributed by atoms with Crippen molar-refractivity contribution in [2.24, 2.45) is 0 Å². The second kappa shape index (κ2) is 6.96. The Morgan fingerprint density at radius 2 is 2.47 bits per heavy atom. The van der Waals surface area contributed by atoms with Crippen molar-refractivity contribution in [1.82, 2.24) is 9.55 Å². The van der Waals surface area contributed by atoms with Crippen LogP contribution in [-0.2, 0) is 16.1 Å². The van der Waals surface area contributed by atoms with Gasteiger partial charge in [-0.2, -0.15) is 0 Å². The molecule has 106 valence electrons. The molecular formula is C13H20N2O3S. The Morgan fingerprint density at radius 1 is 1.63 bits per heavy atom. The number of thioether (sulfide) groups is 1. The van der Waals surface area contributed by atoms with Crippen molar-refractivity contribution in [2.45, 2.75) is 50.4 Å². The van der Waals surface area contributed by atoms with Crippen LogP contribution in [0.5, 0.6) is 0 Å². The standard InChI is InChI=1S/C13H20N2O3S/c1-10-8-15(13(14-10)19-9-12(16)17)6-5-11-4-2-3-7-18-11/h8,11H,2-7,9H2,1H3,(H,16,17). The van der Waals surface area contributed by atoms with E-state index in [1.807, 2.05) is 17.7 Å². The van der Waals surface area contributed by atoms with E-state index in [0.29, 0.717) is 6.10 Å². The van der Waals surface area contributed by atoms with Crippen LogP contribution in [0.25, 0.3) is 0 Å². The Bertz CT molecular complexity index is 428. The zero-order chi connectivity index (χ0) is 13.7. The highest BCUT2D eigenvalue weighted by atomic mass is 32.2. The Balaban J connectivity index is 1.89. The van der Waals surface area contributed by atoms with Gasteiger partial charge in [0.1, 0.15) is 0 Å². The van der Waals surface area contributed by atoms with Gasteiger partial charge in [-0.3, -0.25) is 4.79 Å². The van der Waals surface area contributed by atoms with Crippen molar-refractivity contribution in [3.63, 3.8) is 0 Å². The average Bonchev–Trinajstić information content (AvgIpc) is 2.75. The lowest BCUT2D eigenvalue weighted by atomic mass is 10.1. The molecule has 1 aromatic rings. The third kappa shape index (κ3) is 4.54. The third-order valence-electron chi connectivity index (χ3n) is 3.15.